The minimum atomic E-state index is -0.403. The van der Waals surface area contributed by atoms with Crippen molar-refractivity contribution in [1.29, 1.82) is 0 Å². The second-order valence-corrected chi connectivity index (χ2v) is 5.85. The predicted octanol–water partition coefficient (Wildman–Crippen LogP) is 1.98. The summed E-state index contributed by atoms with van der Waals surface area (Å²) in [7, 11) is 0. The quantitative estimate of drug-likeness (QED) is 0.784. The molecule has 4 rings (SSSR count). The number of ether oxygens (including phenoxy) is 1. The van der Waals surface area contributed by atoms with Gasteiger partial charge in [0.2, 0.25) is 0 Å². The number of aryl methyl sites for hydroxylation is 1. The zero-order valence-electron chi connectivity index (χ0n) is 13.7. The van der Waals surface area contributed by atoms with Gasteiger partial charge in [0.15, 0.2) is 5.82 Å². The summed E-state index contributed by atoms with van der Waals surface area (Å²) >= 11 is 0. The Labute approximate surface area is 143 Å². The summed E-state index contributed by atoms with van der Waals surface area (Å²) < 4.78 is 10.9. The van der Waals surface area contributed by atoms with Gasteiger partial charge in [-0.05, 0) is 25.1 Å². The van der Waals surface area contributed by atoms with Gasteiger partial charge in [0.25, 0.3) is 11.8 Å². The first kappa shape index (κ1) is 15.5. The summed E-state index contributed by atoms with van der Waals surface area (Å²) in [5.74, 6) is 0.673. The Balaban J connectivity index is 1.61. The molecule has 0 bridgehead atoms. The Morgan fingerprint density at radius 2 is 2.16 bits per heavy atom. The molecular weight excluding hydrogens is 322 g/mol. The van der Waals surface area contributed by atoms with Gasteiger partial charge in [0.1, 0.15) is 11.7 Å². The van der Waals surface area contributed by atoms with Crippen LogP contribution in [0.1, 0.15) is 28.0 Å². The lowest BCUT2D eigenvalue weighted by molar-refractivity contribution is -0.00607. The molecule has 1 saturated heterocycles. The van der Waals surface area contributed by atoms with E-state index in [1.807, 2.05) is 37.3 Å². The van der Waals surface area contributed by atoms with E-state index in [0.717, 1.165) is 11.3 Å². The molecule has 1 N–H and O–H groups in total. The summed E-state index contributed by atoms with van der Waals surface area (Å²) in [5.41, 5.74) is 2.04. The average molecular weight is 339 g/mol. The maximum Gasteiger partial charge on any atom is 0.275 e. The molecule has 3 heterocycles. The van der Waals surface area contributed by atoms with E-state index in [-0.39, 0.29) is 5.91 Å². The van der Waals surface area contributed by atoms with Crippen molar-refractivity contribution >= 4 is 5.91 Å². The number of amides is 1. The van der Waals surface area contributed by atoms with Crippen molar-refractivity contribution in [2.24, 2.45) is 0 Å². The first-order chi connectivity index (χ1) is 12.2. The van der Waals surface area contributed by atoms with Crippen molar-refractivity contribution in [1.82, 2.24) is 25.2 Å². The number of nitrogens with zero attached hydrogens (tertiary/aromatic N) is 4. The highest BCUT2D eigenvalue weighted by atomic mass is 16.5. The van der Waals surface area contributed by atoms with Crippen LogP contribution in [0.4, 0.5) is 0 Å². The third-order valence-electron chi connectivity index (χ3n) is 4.07. The number of aromatic amines is 1. The van der Waals surface area contributed by atoms with Gasteiger partial charge in [-0.1, -0.05) is 23.4 Å². The standard InChI is InChI=1S/C17H17N5O3/c1-11-9-13(20-19-11)17(23)22-7-8-24-10-14(22)15-18-16(25-21-15)12-5-3-2-4-6-12/h2-6,9,14H,7-8,10H2,1H3,(H,19,20). The molecule has 1 unspecified atom stereocenters. The highest BCUT2D eigenvalue weighted by Crippen LogP contribution is 2.26. The van der Waals surface area contributed by atoms with E-state index < -0.39 is 6.04 Å². The van der Waals surface area contributed by atoms with Gasteiger partial charge >= 0.3 is 0 Å². The molecule has 8 nitrogen and oxygen atoms in total. The molecule has 1 amide bonds. The summed E-state index contributed by atoms with van der Waals surface area (Å²) in [6.07, 6.45) is 0. The molecule has 0 radical (unpaired) electrons. The van der Waals surface area contributed by atoms with Gasteiger partial charge in [-0.15, -0.1) is 0 Å². The van der Waals surface area contributed by atoms with E-state index in [1.54, 1.807) is 11.0 Å². The smallest absolute Gasteiger partial charge is 0.275 e. The van der Waals surface area contributed by atoms with E-state index in [4.69, 9.17) is 9.26 Å². The molecule has 1 atom stereocenters. The van der Waals surface area contributed by atoms with Gasteiger partial charge in [-0.3, -0.25) is 9.89 Å². The lowest BCUT2D eigenvalue weighted by atomic mass is 10.2. The lowest BCUT2D eigenvalue weighted by Crippen LogP contribution is -2.44. The molecule has 0 aliphatic carbocycles. The molecule has 1 aliphatic heterocycles. The Hall–Kier alpha value is -3.00. The van der Waals surface area contributed by atoms with E-state index in [1.165, 1.54) is 0 Å². The van der Waals surface area contributed by atoms with E-state index in [2.05, 4.69) is 20.3 Å². The van der Waals surface area contributed by atoms with Crippen LogP contribution in [0.2, 0.25) is 0 Å². The molecule has 0 saturated carbocycles. The second-order valence-electron chi connectivity index (χ2n) is 5.85. The molecule has 0 spiro atoms. The molecule has 1 aromatic carbocycles. The van der Waals surface area contributed by atoms with Crippen molar-refractivity contribution in [2.45, 2.75) is 13.0 Å². The number of carbonyl (C=O) groups is 1. The maximum atomic E-state index is 12.8. The van der Waals surface area contributed by atoms with Crippen LogP contribution in [0, 0.1) is 6.92 Å². The van der Waals surface area contributed by atoms with Gasteiger partial charge in [-0.2, -0.15) is 10.1 Å². The fraction of sp³-hybridized carbons (Fsp3) is 0.294. The van der Waals surface area contributed by atoms with Crippen molar-refractivity contribution < 1.29 is 14.1 Å². The number of hydrogen-bond donors (Lipinski definition) is 1. The van der Waals surface area contributed by atoms with E-state index >= 15 is 0 Å². The number of hydrogen-bond acceptors (Lipinski definition) is 6. The molecule has 2 aromatic heterocycles. The molecule has 3 aromatic rings. The third-order valence-corrected chi connectivity index (χ3v) is 4.07. The topological polar surface area (TPSA) is 97.1 Å². The largest absolute Gasteiger partial charge is 0.377 e. The SMILES string of the molecule is Cc1cc(C(=O)N2CCOCC2c2noc(-c3ccccc3)n2)n[nH]1. The van der Waals surface area contributed by atoms with Crippen molar-refractivity contribution in [3.63, 3.8) is 0 Å². The average Bonchev–Trinajstić information content (AvgIpc) is 3.31. The lowest BCUT2D eigenvalue weighted by Gasteiger charge is -2.33. The highest BCUT2D eigenvalue weighted by molar-refractivity contribution is 5.92. The zero-order valence-corrected chi connectivity index (χ0v) is 13.7. The van der Waals surface area contributed by atoms with Gasteiger partial charge in [0.05, 0.1) is 13.2 Å². The predicted molar refractivity (Wildman–Crippen MR) is 87.7 cm³/mol. The van der Waals surface area contributed by atoms with Gasteiger partial charge in [-0.25, -0.2) is 0 Å². The Bertz CT molecular complexity index is 873. The Morgan fingerprint density at radius 3 is 2.92 bits per heavy atom. The zero-order chi connectivity index (χ0) is 17.2. The van der Waals surface area contributed by atoms with Crippen LogP contribution >= 0.6 is 0 Å². The normalized spacial score (nSPS) is 17.6. The van der Waals surface area contributed by atoms with Gasteiger partial charge < -0.3 is 14.2 Å². The molecule has 1 fully saturated rings. The summed E-state index contributed by atoms with van der Waals surface area (Å²) in [5, 5.41) is 10.9. The first-order valence-corrected chi connectivity index (χ1v) is 8.02. The van der Waals surface area contributed by atoms with Crippen LogP contribution in [0.15, 0.2) is 40.9 Å². The van der Waals surface area contributed by atoms with Crippen molar-refractivity contribution in [3.05, 3.63) is 53.6 Å². The van der Waals surface area contributed by atoms with Crippen molar-refractivity contribution in [3.8, 4) is 11.5 Å². The fourth-order valence-electron chi connectivity index (χ4n) is 2.80. The summed E-state index contributed by atoms with van der Waals surface area (Å²) in [4.78, 5) is 18.9. The maximum absolute atomic E-state index is 12.8. The second kappa shape index (κ2) is 6.48. The number of H-pyrrole nitrogens is 1. The minimum Gasteiger partial charge on any atom is -0.377 e. The number of aromatic nitrogens is 4. The van der Waals surface area contributed by atoms with Crippen LogP contribution in [0.3, 0.4) is 0 Å². The monoisotopic (exact) mass is 339 g/mol. The molecule has 25 heavy (non-hydrogen) atoms. The number of nitrogens with one attached hydrogen (secondary N) is 1. The molecule has 8 heteroatoms. The van der Waals surface area contributed by atoms with Gasteiger partial charge in [0, 0.05) is 17.8 Å². The molecule has 1 aliphatic rings. The first-order valence-electron chi connectivity index (χ1n) is 8.02. The Kier molecular flexibility index (Phi) is 4.02. The number of rotatable bonds is 3. The van der Waals surface area contributed by atoms with E-state index in [0.29, 0.717) is 37.2 Å². The van der Waals surface area contributed by atoms with Crippen LogP contribution in [-0.4, -0.2) is 50.9 Å². The number of benzene rings is 1. The van der Waals surface area contributed by atoms with Crippen LogP contribution in [0.25, 0.3) is 11.5 Å². The summed E-state index contributed by atoms with van der Waals surface area (Å²) in [6.45, 7) is 3.09. The fourth-order valence-corrected chi connectivity index (χ4v) is 2.80. The van der Waals surface area contributed by atoms with Crippen LogP contribution < -0.4 is 0 Å². The molecular formula is C17H17N5O3. The van der Waals surface area contributed by atoms with Crippen molar-refractivity contribution in [2.75, 3.05) is 19.8 Å². The number of morpholine rings is 1. The third kappa shape index (κ3) is 3.03. The number of carbonyl (C=O) groups excluding carboxylic acids is 1. The van der Waals surface area contributed by atoms with Crippen LogP contribution in [-0.2, 0) is 4.74 Å². The Morgan fingerprint density at radius 1 is 1.32 bits per heavy atom. The highest BCUT2D eigenvalue weighted by Gasteiger charge is 2.33. The van der Waals surface area contributed by atoms with E-state index in [9.17, 15) is 4.79 Å². The molecule has 128 valence electrons. The summed E-state index contributed by atoms with van der Waals surface area (Å²) in [6, 6.07) is 10.8. The minimum absolute atomic E-state index is 0.177. The van der Waals surface area contributed by atoms with Crippen LogP contribution in [0.5, 0.6) is 0 Å².